The van der Waals surface area contributed by atoms with Crippen LogP contribution in [0.15, 0.2) is 183 Å². The molecular weight excluding hydrogens is 728 g/mol. The van der Waals surface area contributed by atoms with Crippen LogP contribution in [0, 0.1) is 17.8 Å². The Kier molecular flexibility index (Phi) is 11.0. The Morgan fingerprint density at radius 2 is 1.21 bits per heavy atom. The lowest BCUT2D eigenvalue weighted by Gasteiger charge is -2.33. The second-order valence-corrected chi connectivity index (χ2v) is 17.1. The predicted molar refractivity (Wildman–Crippen MR) is 242 cm³/mol. The summed E-state index contributed by atoms with van der Waals surface area (Å²) in [6.45, 7) is 7.01. The van der Waals surface area contributed by atoms with E-state index in [4.69, 9.17) is 20.8 Å². The third-order valence-electron chi connectivity index (χ3n) is 12.6. The predicted octanol–water partition coefficient (Wildman–Crippen LogP) is 15.7. The second-order valence-electron chi connectivity index (χ2n) is 16.7. The van der Waals surface area contributed by atoms with Gasteiger partial charge in [0.2, 0.25) is 0 Å². The van der Waals surface area contributed by atoms with Gasteiger partial charge in [-0.15, -0.1) is 0 Å². The number of rotatable bonds is 8. The number of hydrogen-bond acceptors (Lipinski definition) is 1. The average Bonchev–Trinajstić information content (AvgIpc) is 3.28. The topological polar surface area (TPSA) is 20.5 Å². The molecule has 3 aliphatic carbocycles. The Hall–Kier alpha value is -5.44. The van der Waals surface area contributed by atoms with E-state index in [2.05, 4.69) is 166 Å². The molecule has 58 heavy (non-hydrogen) atoms. The molecule has 0 spiro atoms. The summed E-state index contributed by atoms with van der Waals surface area (Å²) in [7, 11) is 0. The molecule has 0 saturated heterocycles. The van der Waals surface area contributed by atoms with Crippen molar-refractivity contribution in [3.8, 4) is 22.5 Å². The number of ether oxygens (including phenoxy) is 1. The van der Waals surface area contributed by atoms with Crippen LogP contribution in [-0.4, -0.2) is 0 Å². The quantitative estimate of drug-likeness (QED) is 0.146. The van der Waals surface area contributed by atoms with Crippen molar-refractivity contribution in [3.63, 3.8) is 0 Å². The minimum absolute atomic E-state index is 0.441. The van der Waals surface area contributed by atoms with Crippen molar-refractivity contribution in [2.45, 2.75) is 72.1 Å². The molecule has 1 aliphatic heterocycles. The summed E-state index contributed by atoms with van der Waals surface area (Å²) in [6, 6.07) is 44.9. The molecule has 4 aromatic carbocycles. The van der Waals surface area contributed by atoms with Gasteiger partial charge in [0.25, 0.3) is 0 Å². The van der Waals surface area contributed by atoms with Crippen molar-refractivity contribution in [2.75, 3.05) is 0 Å². The molecule has 0 N–H and O–H groups in total. The fraction of sp³-hybridized carbons (Fsp3) is 0.255. The van der Waals surface area contributed by atoms with Crippen LogP contribution in [0.2, 0.25) is 0 Å². The van der Waals surface area contributed by atoms with E-state index in [0.717, 1.165) is 90.6 Å². The van der Waals surface area contributed by atoms with Crippen LogP contribution in [0.1, 0.15) is 88.2 Å². The Balaban J connectivity index is 1.19. The summed E-state index contributed by atoms with van der Waals surface area (Å²) in [4.78, 5) is 0. The normalized spacial score (nSPS) is 22.1. The van der Waals surface area contributed by atoms with Crippen LogP contribution in [0.5, 0.6) is 0 Å². The van der Waals surface area contributed by atoms with Gasteiger partial charge >= 0.3 is 11.5 Å². The zero-order valence-corrected chi connectivity index (χ0v) is 34.7. The van der Waals surface area contributed by atoms with E-state index >= 15 is 0 Å². The minimum atomic E-state index is 0.441. The first-order valence-corrected chi connectivity index (χ1v) is 21.7. The summed E-state index contributed by atoms with van der Waals surface area (Å²) < 4.78 is 14.0. The van der Waals surface area contributed by atoms with Gasteiger partial charge in [-0.25, -0.2) is 4.42 Å². The molecule has 3 atom stereocenters. The van der Waals surface area contributed by atoms with Gasteiger partial charge in [0, 0.05) is 21.7 Å². The molecule has 2 heterocycles. The second kappa shape index (κ2) is 16.8. The first-order valence-electron chi connectivity index (χ1n) is 21.3. The van der Waals surface area contributed by atoms with E-state index < -0.39 is 0 Å². The van der Waals surface area contributed by atoms with Gasteiger partial charge in [-0.2, -0.15) is 0 Å². The van der Waals surface area contributed by atoms with Crippen molar-refractivity contribution >= 4 is 28.5 Å². The van der Waals surface area contributed by atoms with Gasteiger partial charge in [0.15, 0.2) is 0 Å². The molecule has 3 heteroatoms. The lowest BCUT2D eigenvalue weighted by Crippen LogP contribution is -2.18. The van der Waals surface area contributed by atoms with Crippen LogP contribution in [0.3, 0.4) is 0 Å². The molecule has 0 amide bonds. The van der Waals surface area contributed by atoms with Gasteiger partial charge in [0.05, 0.1) is 22.8 Å². The maximum atomic E-state index is 7.65. The number of hydrogen-bond donors (Lipinski definition) is 0. The molecule has 4 aliphatic rings. The summed E-state index contributed by atoms with van der Waals surface area (Å²) in [5.74, 6) is 5.28. The summed E-state index contributed by atoms with van der Waals surface area (Å²) in [5, 5.41) is 0.878. The van der Waals surface area contributed by atoms with Crippen molar-refractivity contribution in [3.05, 3.63) is 201 Å². The van der Waals surface area contributed by atoms with Crippen molar-refractivity contribution in [1.82, 2.24) is 0 Å². The molecule has 0 bridgehead atoms. The molecule has 2 nitrogen and oxygen atoms in total. The van der Waals surface area contributed by atoms with Gasteiger partial charge in [-0.05, 0) is 114 Å². The fourth-order valence-corrected chi connectivity index (χ4v) is 9.74. The maximum Gasteiger partial charge on any atom is 0.361 e. The smallest absolute Gasteiger partial charge is 0.361 e. The Labute approximate surface area is 349 Å². The summed E-state index contributed by atoms with van der Waals surface area (Å²) in [5.41, 5.74) is 14.6. The first kappa shape index (κ1) is 38.1. The number of halogens is 1. The van der Waals surface area contributed by atoms with Gasteiger partial charge in [-0.1, -0.05) is 160 Å². The van der Waals surface area contributed by atoms with E-state index in [-0.39, 0.29) is 0 Å². The van der Waals surface area contributed by atoms with Crippen molar-refractivity contribution in [2.24, 2.45) is 17.8 Å². The molecule has 290 valence electrons. The van der Waals surface area contributed by atoms with E-state index in [1.807, 2.05) is 0 Å². The summed E-state index contributed by atoms with van der Waals surface area (Å²) in [6.07, 6.45) is 15.1. The van der Waals surface area contributed by atoms with Crippen LogP contribution >= 0.6 is 11.6 Å². The number of fused-ring (bicyclic) bond motifs is 2. The molecule has 0 fully saturated rings. The molecule has 9 rings (SSSR count). The monoisotopic (exact) mass is 779 g/mol. The Bertz CT molecular complexity index is 2500. The molecule has 1 aromatic heterocycles. The van der Waals surface area contributed by atoms with Gasteiger partial charge < -0.3 is 4.74 Å². The van der Waals surface area contributed by atoms with Gasteiger partial charge in [0.1, 0.15) is 11.5 Å². The molecule has 0 radical (unpaired) electrons. The average molecular weight is 780 g/mol. The standard InChI is InChI=1S/C55H52ClO2/c1-4-37-28-45(54-49(30-37)47(39-18-10-6-11-19-39)34-51(57-54)41-22-14-8-15-23-41)32-43-26-36(3)27-44(53(43)56)33-46-29-38(5-2)31-50-48(40-20-12-7-13-21-40)35-52(58-55(46)50)42-24-16-9-17-25-42/h6-25,32-38H,4-5,26-31H2,1-3H3/q+1. The van der Waals surface area contributed by atoms with Crippen LogP contribution in [0.4, 0.5) is 0 Å². The highest BCUT2D eigenvalue weighted by atomic mass is 35.5. The van der Waals surface area contributed by atoms with E-state index in [9.17, 15) is 0 Å². The third kappa shape index (κ3) is 7.75. The Morgan fingerprint density at radius 3 is 1.86 bits per heavy atom. The van der Waals surface area contributed by atoms with Gasteiger partial charge in [-0.3, -0.25) is 0 Å². The number of benzene rings is 4. The zero-order valence-electron chi connectivity index (χ0n) is 33.9. The molecular formula is C55H52ClO2+. The van der Waals surface area contributed by atoms with Crippen molar-refractivity contribution in [1.29, 1.82) is 0 Å². The van der Waals surface area contributed by atoms with Crippen LogP contribution in [0.25, 0.3) is 39.4 Å². The zero-order chi connectivity index (χ0) is 39.6. The van der Waals surface area contributed by atoms with Crippen LogP contribution in [-0.2, 0) is 11.2 Å². The van der Waals surface area contributed by atoms with Crippen molar-refractivity contribution < 1.29 is 9.15 Å². The highest BCUT2D eigenvalue weighted by Crippen LogP contribution is 2.49. The Morgan fingerprint density at radius 1 is 0.621 bits per heavy atom. The molecule has 5 aromatic rings. The SMILES string of the molecule is CCC1CC(C=C2CC(C)CC(C=C3CC(CC)Cc4c(-c5ccccc5)cc(-c5ccccc5)[o+]c43)=C2Cl)=C2OC(c3ccccc3)=CC(c3ccccc3)=C2C1. The molecule has 3 unspecified atom stereocenters. The summed E-state index contributed by atoms with van der Waals surface area (Å²) >= 11 is 7.65. The highest BCUT2D eigenvalue weighted by Gasteiger charge is 2.37. The number of allylic oxidation sites excluding steroid dienone is 10. The lowest BCUT2D eigenvalue weighted by molar-refractivity contribution is 0.349. The lowest BCUT2D eigenvalue weighted by atomic mass is 9.76. The van der Waals surface area contributed by atoms with E-state index in [0.29, 0.717) is 17.8 Å². The first-order chi connectivity index (χ1) is 28.4. The molecule has 0 saturated carbocycles. The fourth-order valence-electron chi connectivity index (χ4n) is 9.48. The highest BCUT2D eigenvalue weighted by molar-refractivity contribution is 6.32. The minimum Gasteiger partial charge on any atom is -0.456 e. The maximum absolute atomic E-state index is 7.65. The van der Waals surface area contributed by atoms with Crippen LogP contribution < -0.4 is 0 Å². The van der Waals surface area contributed by atoms with E-state index in [1.54, 1.807) is 0 Å². The van der Waals surface area contributed by atoms with E-state index in [1.165, 1.54) is 55.7 Å². The third-order valence-corrected chi connectivity index (χ3v) is 13.1. The largest absolute Gasteiger partial charge is 0.456 e.